The number of aryl methyl sites for hydroxylation is 2. The minimum absolute atomic E-state index is 1.01. The zero-order chi connectivity index (χ0) is 10.2. The molecule has 0 aliphatic heterocycles. The van der Waals surface area contributed by atoms with Crippen molar-refractivity contribution in [3.05, 3.63) is 35.4 Å². The standard InChI is InChI=1S/C12H19NS/c1-11-6-5-8-12(10-11)7-3-2-4-9-13-14/h5-6,8,10,13-14H,2-4,7,9H2,1H3. The SMILES string of the molecule is Cc1cccc(CCCCCNS)c1. The zero-order valence-corrected chi connectivity index (χ0v) is 9.69. The maximum atomic E-state index is 3.96. The van der Waals surface area contributed by atoms with Gasteiger partial charge in [-0.2, -0.15) is 0 Å². The predicted molar refractivity (Wildman–Crippen MR) is 65.7 cm³/mol. The molecule has 0 bridgehead atoms. The summed E-state index contributed by atoms with van der Waals surface area (Å²) < 4.78 is 2.87. The van der Waals surface area contributed by atoms with Gasteiger partial charge >= 0.3 is 0 Å². The Hall–Kier alpha value is -0.470. The highest BCUT2D eigenvalue weighted by Gasteiger charge is 1.93. The van der Waals surface area contributed by atoms with Crippen LogP contribution in [-0.4, -0.2) is 6.54 Å². The van der Waals surface area contributed by atoms with E-state index in [0.29, 0.717) is 0 Å². The highest BCUT2D eigenvalue weighted by atomic mass is 32.1. The molecule has 0 saturated carbocycles. The number of hydrogen-bond donors (Lipinski definition) is 2. The van der Waals surface area contributed by atoms with Crippen LogP contribution in [0.15, 0.2) is 24.3 Å². The number of benzene rings is 1. The van der Waals surface area contributed by atoms with Crippen molar-refractivity contribution in [1.82, 2.24) is 4.72 Å². The predicted octanol–water partition coefficient (Wildman–Crippen LogP) is 3.14. The lowest BCUT2D eigenvalue weighted by Crippen LogP contribution is -2.00. The van der Waals surface area contributed by atoms with Crippen molar-refractivity contribution >= 4 is 12.8 Å². The summed E-state index contributed by atoms with van der Waals surface area (Å²) >= 11 is 3.96. The van der Waals surface area contributed by atoms with E-state index in [1.54, 1.807) is 0 Å². The summed E-state index contributed by atoms with van der Waals surface area (Å²) in [6.45, 7) is 3.16. The Bertz CT molecular complexity index is 260. The summed E-state index contributed by atoms with van der Waals surface area (Å²) in [6, 6.07) is 8.77. The third-order valence-corrected chi connectivity index (χ3v) is 2.56. The van der Waals surface area contributed by atoms with Crippen molar-refractivity contribution in [3.63, 3.8) is 0 Å². The number of hydrogen-bond acceptors (Lipinski definition) is 2. The first kappa shape index (κ1) is 11.6. The molecule has 14 heavy (non-hydrogen) atoms. The van der Waals surface area contributed by atoms with Gasteiger partial charge in [0.05, 0.1) is 0 Å². The molecule has 0 aromatic heterocycles. The summed E-state index contributed by atoms with van der Waals surface area (Å²) in [7, 11) is 0. The van der Waals surface area contributed by atoms with Gasteiger partial charge in [-0.15, -0.1) is 0 Å². The van der Waals surface area contributed by atoms with Gasteiger partial charge in [-0.3, -0.25) is 4.72 Å². The smallest absolute Gasteiger partial charge is 0.00561 e. The van der Waals surface area contributed by atoms with E-state index in [1.807, 2.05) is 0 Å². The third-order valence-electron chi connectivity index (χ3n) is 2.34. The molecule has 0 atom stereocenters. The molecule has 1 rings (SSSR count). The molecule has 1 aromatic rings. The van der Waals surface area contributed by atoms with Crippen molar-refractivity contribution < 1.29 is 0 Å². The van der Waals surface area contributed by atoms with Crippen LogP contribution in [0.25, 0.3) is 0 Å². The second-order valence-electron chi connectivity index (χ2n) is 3.71. The summed E-state index contributed by atoms with van der Waals surface area (Å²) in [4.78, 5) is 0. The fourth-order valence-electron chi connectivity index (χ4n) is 1.58. The Morgan fingerprint density at radius 2 is 2.07 bits per heavy atom. The topological polar surface area (TPSA) is 12.0 Å². The first-order valence-electron chi connectivity index (χ1n) is 5.25. The van der Waals surface area contributed by atoms with Gasteiger partial charge in [0, 0.05) is 6.54 Å². The maximum absolute atomic E-state index is 3.96. The zero-order valence-electron chi connectivity index (χ0n) is 8.79. The van der Waals surface area contributed by atoms with E-state index < -0.39 is 0 Å². The van der Waals surface area contributed by atoms with Gasteiger partial charge < -0.3 is 0 Å². The van der Waals surface area contributed by atoms with Crippen molar-refractivity contribution in [2.45, 2.75) is 32.6 Å². The van der Waals surface area contributed by atoms with E-state index in [-0.39, 0.29) is 0 Å². The van der Waals surface area contributed by atoms with Gasteiger partial charge in [-0.05, 0) is 31.7 Å². The summed E-state index contributed by atoms with van der Waals surface area (Å²) in [5.74, 6) is 0. The molecule has 0 saturated heterocycles. The van der Waals surface area contributed by atoms with E-state index in [0.717, 1.165) is 6.54 Å². The number of nitrogens with one attached hydrogen (secondary N) is 1. The normalized spacial score (nSPS) is 10.4. The van der Waals surface area contributed by atoms with Gasteiger partial charge in [0.2, 0.25) is 0 Å². The summed E-state index contributed by atoms with van der Waals surface area (Å²) in [5.41, 5.74) is 2.82. The van der Waals surface area contributed by atoms with Crippen LogP contribution < -0.4 is 4.72 Å². The Kier molecular flexibility index (Phi) is 5.72. The van der Waals surface area contributed by atoms with Gasteiger partial charge in [-0.25, -0.2) is 0 Å². The van der Waals surface area contributed by atoms with Crippen LogP contribution in [0.1, 0.15) is 30.4 Å². The van der Waals surface area contributed by atoms with E-state index in [2.05, 4.69) is 48.7 Å². The largest absolute Gasteiger partial charge is 0.267 e. The molecule has 2 heteroatoms. The Morgan fingerprint density at radius 1 is 1.21 bits per heavy atom. The Balaban J connectivity index is 2.18. The second kappa shape index (κ2) is 6.91. The quantitative estimate of drug-likeness (QED) is 0.542. The van der Waals surface area contributed by atoms with Crippen LogP contribution in [0, 0.1) is 6.92 Å². The van der Waals surface area contributed by atoms with Crippen molar-refractivity contribution in [2.75, 3.05) is 6.54 Å². The first-order chi connectivity index (χ1) is 6.83. The van der Waals surface area contributed by atoms with Crippen LogP contribution in [0.4, 0.5) is 0 Å². The molecular weight excluding hydrogens is 190 g/mol. The Labute approximate surface area is 92.5 Å². The minimum Gasteiger partial charge on any atom is -0.267 e. The highest BCUT2D eigenvalue weighted by Crippen LogP contribution is 2.08. The second-order valence-corrected chi connectivity index (χ2v) is 4.02. The van der Waals surface area contributed by atoms with Crippen LogP contribution >= 0.6 is 12.8 Å². The van der Waals surface area contributed by atoms with Crippen LogP contribution in [0.2, 0.25) is 0 Å². The van der Waals surface area contributed by atoms with Gasteiger partial charge in [0.1, 0.15) is 0 Å². The minimum atomic E-state index is 1.01. The lowest BCUT2D eigenvalue weighted by Gasteiger charge is -2.02. The summed E-state index contributed by atoms with van der Waals surface area (Å²) in [5, 5.41) is 0. The van der Waals surface area contributed by atoms with Gasteiger partial charge in [0.25, 0.3) is 0 Å². The van der Waals surface area contributed by atoms with Gasteiger partial charge in [-0.1, -0.05) is 49.1 Å². The Morgan fingerprint density at radius 3 is 2.79 bits per heavy atom. The van der Waals surface area contributed by atoms with E-state index in [1.165, 1.54) is 36.8 Å². The number of unbranched alkanes of at least 4 members (excludes halogenated alkanes) is 2. The molecule has 78 valence electrons. The summed E-state index contributed by atoms with van der Waals surface area (Å²) in [6.07, 6.45) is 4.98. The molecule has 0 aliphatic carbocycles. The monoisotopic (exact) mass is 209 g/mol. The molecule has 1 aromatic carbocycles. The maximum Gasteiger partial charge on any atom is 0.00561 e. The lowest BCUT2D eigenvalue weighted by atomic mass is 10.1. The first-order valence-corrected chi connectivity index (χ1v) is 5.70. The van der Waals surface area contributed by atoms with E-state index in [9.17, 15) is 0 Å². The van der Waals surface area contributed by atoms with E-state index in [4.69, 9.17) is 0 Å². The van der Waals surface area contributed by atoms with Crippen molar-refractivity contribution in [2.24, 2.45) is 0 Å². The number of thiol groups is 1. The van der Waals surface area contributed by atoms with Crippen molar-refractivity contribution in [1.29, 1.82) is 0 Å². The van der Waals surface area contributed by atoms with Crippen molar-refractivity contribution in [3.8, 4) is 0 Å². The number of rotatable bonds is 6. The fraction of sp³-hybridized carbons (Fsp3) is 0.500. The molecule has 0 spiro atoms. The average molecular weight is 209 g/mol. The molecule has 0 unspecified atom stereocenters. The molecule has 1 nitrogen and oxygen atoms in total. The van der Waals surface area contributed by atoms with Crippen LogP contribution in [0.5, 0.6) is 0 Å². The molecule has 0 heterocycles. The highest BCUT2D eigenvalue weighted by molar-refractivity contribution is 7.78. The average Bonchev–Trinajstić information content (AvgIpc) is 2.18. The van der Waals surface area contributed by atoms with E-state index >= 15 is 0 Å². The fourth-order valence-corrected chi connectivity index (χ4v) is 1.74. The molecule has 1 N–H and O–H groups in total. The molecular formula is C12H19NS. The molecule has 0 radical (unpaired) electrons. The molecule has 0 aliphatic rings. The van der Waals surface area contributed by atoms with Crippen LogP contribution in [-0.2, 0) is 6.42 Å². The van der Waals surface area contributed by atoms with Crippen LogP contribution in [0.3, 0.4) is 0 Å². The molecule has 0 fully saturated rings. The lowest BCUT2D eigenvalue weighted by molar-refractivity contribution is 0.674. The van der Waals surface area contributed by atoms with Gasteiger partial charge in [0.15, 0.2) is 0 Å². The third kappa shape index (κ3) is 4.68. The molecule has 0 amide bonds.